The van der Waals surface area contributed by atoms with Crippen LogP contribution in [-0.2, 0) is 12.8 Å². The smallest absolute Gasteiger partial charge is 0.257 e. The van der Waals surface area contributed by atoms with Crippen molar-refractivity contribution in [2.24, 2.45) is 0 Å². The minimum Gasteiger partial charge on any atom is -0.286 e. The molecule has 2 heterocycles. The minimum atomic E-state index is 0.640. The maximum absolute atomic E-state index is 4.53. The number of hydrogen-bond donors (Lipinski definition) is 1. The third kappa shape index (κ3) is 3.12. The molecule has 5 heteroatoms. The molecule has 0 bridgehead atoms. The Morgan fingerprint density at radius 1 is 1.00 bits per heavy atom. The van der Waals surface area contributed by atoms with Crippen LogP contribution in [-0.4, -0.2) is 33.3 Å². The number of aromatic nitrogens is 3. The van der Waals surface area contributed by atoms with Gasteiger partial charge in [-0.25, -0.2) is 9.99 Å². The molecule has 1 aliphatic heterocycles. The van der Waals surface area contributed by atoms with Gasteiger partial charge in [-0.2, -0.15) is 0 Å². The molecule has 1 saturated heterocycles. The highest BCUT2D eigenvalue weighted by atomic mass is 15.5. The molecule has 0 amide bonds. The third-order valence-electron chi connectivity index (χ3n) is 3.12. The van der Waals surface area contributed by atoms with Crippen molar-refractivity contribution in [3.05, 3.63) is 11.4 Å². The van der Waals surface area contributed by atoms with E-state index in [4.69, 9.17) is 0 Å². The van der Waals surface area contributed by atoms with E-state index in [2.05, 4.69) is 39.5 Å². The predicted octanol–water partition coefficient (Wildman–Crippen LogP) is 1.81. The first kappa shape index (κ1) is 12.2. The number of piperidine rings is 1. The van der Waals surface area contributed by atoms with Gasteiger partial charge in [-0.1, -0.05) is 20.3 Å². The quantitative estimate of drug-likeness (QED) is 0.862. The summed E-state index contributed by atoms with van der Waals surface area (Å²) in [5.41, 5.74) is 5.32. The molecule has 0 aliphatic carbocycles. The molecule has 1 aliphatic rings. The van der Waals surface area contributed by atoms with E-state index in [1.807, 2.05) is 0 Å². The van der Waals surface area contributed by atoms with E-state index in [1.54, 1.807) is 0 Å². The monoisotopic (exact) mass is 235 g/mol. The van der Waals surface area contributed by atoms with Gasteiger partial charge >= 0.3 is 0 Å². The van der Waals surface area contributed by atoms with Crippen LogP contribution < -0.4 is 5.43 Å². The average molecular weight is 235 g/mol. The van der Waals surface area contributed by atoms with E-state index >= 15 is 0 Å². The van der Waals surface area contributed by atoms with E-state index < -0.39 is 0 Å². The summed E-state index contributed by atoms with van der Waals surface area (Å²) in [5.74, 6) is 0.640. The fourth-order valence-electron chi connectivity index (χ4n) is 2.13. The summed E-state index contributed by atoms with van der Waals surface area (Å²) >= 11 is 0. The van der Waals surface area contributed by atoms with E-state index in [-0.39, 0.29) is 0 Å². The van der Waals surface area contributed by atoms with Gasteiger partial charge in [0.05, 0.1) is 11.4 Å². The molecular weight excluding hydrogens is 214 g/mol. The highest BCUT2D eigenvalue weighted by molar-refractivity contribution is 5.24. The van der Waals surface area contributed by atoms with Crippen molar-refractivity contribution in [3.8, 4) is 0 Å². The summed E-state index contributed by atoms with van der Waals surface area (Å²) in [7, 11) is 0. The molecule has 94 valence electrons. The zero-order chi connectivity index (χ0) is 12.1. The van der Waals surface area contributed by atoms with Gasteiger partial charge in [-0.15, -0.1) is 10.2 Å². The standard InChI is InChI=1S/C12H21N5/c1-3-10-11(4-2)14-15-12(13-10)16-17-8-6-5-7-9-17/h3-9H2,1-2H3,(H,13,15,16). The molecule has 0 atom stereocenters. The SMILES string of the molecule is CCc1nnc(NN2CCCCC2)nc1CC. The Bertz CT molecular complexity index is 360. The summed E-state index contributed by atoms with van der Waals surface area (Å²) in [6.07, 6.45) is 5.62. The Hall–Kier alpha value is -1.23. The molecule has 5 nitrogen and oxygen atoms in total. The summed E-state index contributed by atoms with van der Waals surface area (Å²) in [5, 5.41) is 10.6. The van der Waals surface area contributed by atoms with Crippen LogP contribution in [0.5, 0.6) is 0 Å². The normalized spacial score (nSPS) is 17.1. The highest BCUT2D eigenvalue weighted by Crippen LogP contribution is 2.11. The molecule has 1 N–H and O–H groups in total. The van der Waals surface area contributed by atoms with Crippen LogP contribution in [0.2, 0.25) is 0 Å². The van der Waals surface area contributed by atoms with Crippen LogP contribution in [0.25, 0.3) is 0 Å². The van der Waals surface area contributed by atoms with Gasteiger partial charge in [0.1, 0.15) is 0 Å². The first-order chi connectivity index (χ1) is 8.33. The van der Waals surface area contributed by atoms with Gasteiger partial charge in [0.2, 0.25) is 0 Å². The van der Waals surface area contributed by atoms with Crippen LogP contribution in [0.15, 0.2) is 0 Å². The second-order valence-electron chi connectivity index (χ2n) is 4.40. The molecule has 17 heavy (non-hydrogen) atoms. The maximum atomic E-state index is 4.53. The lowest BCUT2D eigenvalue weighted by Crippen LogP contribution is -2.35. The topological polar surface area (TPSA) is 53.9 Å². The molecule has 0 aromatic carbocycles. The van der Waals surface area contributed by atoms with Crippen molar-refractivity contribution < 1.29 is 0 Å². The second kappa shape index (κ2) is 5.91. The largest absolute Gasteiger partial charge is 0.286 e. The summed E-state index contributed by atoms with van der Waals surface area (Å²) in [4.78, 5) is 4.53. The van der Waals surface area contributed by atoms with Crippen molar-refractivity contribution in [1.29, 1.82) is 0 Å². The molecule has 0 radical (unpaired) electrons. The van der Waals surface area contributed by atoms with Crippen molar-refractivity contribution in [2.45, 2.75) is 46.0 Å². The second-order valence-corrected chi connectivity index (χ2v) is 4.40. The number of rotatable bonds is 4. The summed E-state index contributed by atoms with van der Waals surface area (Å²) < 4.78 is 0. The molecular formula is C12H21N5. The number of anilines is 1. The molecule has 1 aromatic heterocycles. The van der Waals surface area contributed by atoms with E-state index in [9.17, 15) is 0 Å². The lowest BCUT2D eigenvalue weighted by Gasteiger charge is -2.26. The Kier molecular flexibility index (Phi) is 4.25. The molecule has 2 rings (SSSR count). The summed E-state index contributed by atoms with van der Waals surface area (Å²) in [6, 6.07) is 0. The van der Waals surface area contributed by atoms with Gasteiger partial charge in [-0.3, -0.25) is 5.43 Å². The molecule has 1 fully saturated rings. The van der Waals surface area contributed by atoms with Gasteiger partial charge in [0.25, 0.3) is 5.95 Å². The van der Waals surface area contributed by atoms with Gasteiger partial charge in [0, 0.05) is 13.1 Å². The molecule has 1 aromatic rings. The van der Waals surface area contributed by atoms with Crippen LogP contribution in [0.4, 0.5) is 5.95 Å². The van der Waals surface area contributed by atoms with Gasteiger partial charge in [-0.05, 0) is 25.7 Å². The zero-order valence-electron chi connectivity index (χ0n) is 10.7. The molecule has 0 spiro atoms. The lowest BCUT2D eigenvalue weighted by molar-refractivity contribution is 0.270. The van der Waals surface area contributed by atoms with Crippen molar-refractivity contribution in [2.75, 3.05) is 18.5 Å². The Balaban J connectivity index is 2.05. The average Bonchev–Trinajstić information content (AvgIpc) is 2.40. The Morgan fingerprint density at radius 2 is 1.71 bits per heavy atom. The van der Waals surface area contributed by atoms with Crippen molar-refractivity contribution in [3.63, 3.8) is 0 Å². The number of nitrogens with one attached hydrogen (secondary N) is 1. The van der Waals surface area contributed by atoms with Crippen LogP contribution in [0.1, 0.15) is 44.5 Å². The van der Waals surface area contributed by atoms with E-state index in [0.29, 0.717) is 5.95 Å². The number of nitrogens with zero attached hydrogens (tertiary/aromatic N) is 4. The number of hydrogen-bond acceptors (Lipinski definition) is 5. The zero-order valence-corrected chi connectivity index (χ0v) is 10.7. The van der Waals surface area contributed by atoms with Crippen LogP contribution in [0, 0.1) is 0 Å². The lowest BCUT2D eigenvalue weighted by atomic mass is 10.2. The van der Waals surface area contributed by atoms with E-state index in [0.717, 1.165) is 37.3 Å². The maximum Gasteiger partial charge on any atom is 0.257 e. The fourth-order valence-corrected chi connectivity index (χ4v) is 2.13. The number of aryl methyl sites for hydroxylation is 2. The van der Waals surface area contributed by atoms with Crippen molar-refractivity contribution in [1.82, 2.24) is 20.2 Å². The van der Waals surface area contributed by atoms with Gasteiger partial charge in [0.15, 0.2) is 0 Å². The van der Waals surface area contributed by atoms with Crippen LogP contribution >= 0.6 is 0 Å². The Labute approximate surface area is 103 Å². The fraction of sp³-hybridized carbons (Fsp3) is 0.750. The first-order valence-corrected chi connectivity index (χ1v) is 6.57. The van der Waals surface area contributed by atoms with E-state index in [1.165, 1.54) is 19.3 Å². The van der Waals surface area contributed by atoms with Gasteiger partial charge < -0.3 is 0 Å². The number of hydrazine groups is 1. The first-order valence-electron chi connectivity index (χ1n) is 6.57. The molecule has 0 unspecified atom stereocenters. The summed E-state index contributed by atoms with van der Waals surface area (Å²) in [6.45, 7) is 6.33. The van der Waals surface area contributed by atoms with Crippen molar-refractivity contribution >= 4 is 5.95 Å². The molecule has 0 saturated carbocycles. The highest BCUT2D eigenvalue weighted by Gasteiger charge is 2.12. The predicted molar refractivity (Wildman–Crippen MR) is 67.6 cm³/mol. The Morgan fingerprint density at radius 3 is 2.35 bits per heavy atom. The third-order valence-corrected chi connectivity index (χ3v) is 3.12. The van der Waals surface area contributed by atoms with Crippen LogP contribution in [0.3, 0.4) is 0 Å². The minimum absolute atomic E-state index is 0.640.